The second-order valence-electron chi connectivity index (χ2n) is 2.22. The molecule has 0 saturated heterocycles. The van der Waals surface area contributed by atoms with Gasteiger partial charge in [0.2, 0.25) is 5.69 Å². The topological polar surface area (TPSA) is 42.7 Å². The third kappa shape index (κ3) is 2.20. The monoisotopic (exact) mass is 176 g/mol. The molecular formula is C9H8N2O2. The lowest BCUT2D eigenvalue weighted by molar-refractivity contribution is 0.203. The molecule has 0 saturated carbocycles. The molecule has 0 aliphatic carbocycles. The molecule has 1 rings (SSSR count). The highest BCUT2D eigenvalue weighted by Crippen LogP contribution is 2.26. The minimum atomic E-state index is -0.573. The van der Waals surface area contributed by atoms with Crippen LogP contribution in [0.4, 0.5) is 10.5 Å². The Bertz CT molecular complexity index is 355. The third-order valence-electron chi connectivity index (χ3n) is 1.39. The zero-order chi connectivity index (χ0) is 9.68. The molecule has 1 aromatic carbocycles. The van der Waals surface area contributed by atoms with E-state index in [-0.39, 0.29) is 5.75 Å². The second kappa shape index (κ2) is 4.12. The highest BCUT2D eigenvalue weighted by atomic mass is 16.6. The highest BCUT2D eigenvalue weighted by molar-refractivity contribution is 5.73. The first kappa shape index (κ1) is 9.07. The second-order valence-corrected chi connectivity index (χ2v) is 2.22. The van der Waals surface area contributed by atoms with E-state index in [1.165, 1.54) is 7.05 Å². The van der Waals surface area contributed by atoms with Crippen molar-refractivity contribution >= 4 is 11.8 Å². The van der Waals surface area contributed by atoms with Crippen molar-refractivity contribution in [3.05, 3.63) is 35.7 Å². The van der Waals surface area contributed by atoms with Crippen molar-refractivity contribution in [3.8, 4) is 5.75 Å². The number of nitrogens with one attached hydrogen (secondary N) is 1. The van der Waals surface area contributed by atoms with Crippen LogP contribution in [0.2, 0.25) is 0 Å². The summed E-state index contributed by atoms with van der Waals surface area (Å²) in [4.78, 5) is 14.0. The van der Waals surface area contributed by atoms with Crippen molar-refractivity contribution in [3.63, 3.8) is 0 Å². The normalized spacial score (nSPS) is 8.62. The molecule has 0 fully saturated rings. The molecule has 1 N–H and O–H groups in total. The van der Waals surface area contributed by atoms with Gasteiger partial charge >= 0.3 is 6.09 Å². The van der Waals surface area contributed by atoms with Gasteiger partial charge in [0.05, 0.1) is 6.57 Å². The van der Waals surface area contributed by atoms with E-state index >= 15 is 0 Å². The minimum absolute atomic E-state index is 0.275. The van der Waals surface area contributed by atoms with E-state index in [0.29, 0.717) is 5.69 Å². The molecule has 0 aliphatic rings. The number of nitrogens with zero attached hydrogens (tertiary/aromatic N) is 1. The predicted molar refractivity (Wildman–Crippen MR) is 47.8 cm³/mol. The van der Waals surface area contributed by atoms with Crippen molar-refractivity contribution in [2.24, 2.45) is 0 Å². The molecular weight excluding hydrogens is 168 g/mol. The molecule has 0 aromatic heterocycles. The first-order chi connectivity index (χ1) is 6.27. The third-order valence-corrected chi connectivity index (χ3v) is 1.39. The van der Waals surface area contributed by atoms with Gasteiger partial charge in [0.1, 0.15) is 5.75 Å². The van der Waals surface area contributed by atoms with Crippen LogP contribution in [0.25, 0.3) is 4.85 Å². The van der Waals surface area contributed by atoms with Crippen LogP contribution >= 0.6 is 0 Å². The number of hydrogen-bond acceptors (Lipinski definition) is 2. The van der Waals surface area contributed by atoms with E-state index in [1.54, 1.807) is 24.3 Å². The Labute approximate surface area is 76.0 Å². The van der Waals surface area contributed by atoms with Gasteiger partial charge in [0.15, 0.2) is 0 Å². The van der Waals surface area contributed by atoms with Gasteiger partial charge < -0.3 is 10.1 Å². The van der Waals surface area contributed by atoms with Crippen molar-refractivity contribution < 1.29 is 9.53 Å². The summed E-state index contributed by atoms with van der Waals surface area (Å²) in [5.74, 6) is 0.275. The van der Waals surface area contributed by atoms with Crippen LogP contribution in [0.15, 0.2) is 24.3 Å². The first-order valence-electron chi connectivity index (χ1n) is 3.64. The van der Waals surface area contributed by atoms with Crippen LogP contribution in [0.5, 0.6) is 5.75 Å². The van der Waals surface area contributed by atoms with Crippen molar-refractivity contribution in [1.82, 2.24) is 5.32 Å². The summed E-state index contributed by atoms with van der Waals surface area (Å²) < 4.78 is 4.82. The summed E-state index contributed by atoms with van der Waals surface area (Å²) in [6, 6.07) is 6.57. The van der Waals surface area contributed by atoms with E-state index in [2.05, 4.69) is 10.2 Å². The van der Waals surface area contributed by atoms with Crippen LogP contribution in [0.3, 0.4) is 0 Å². The van der Waals surface area contributed by atoms with Crippen molar-refractivity contribution in [2.75, 3.05) is 7.05 Å². The number of amides is 1. The first-order valence-corrected chi connectivity index (χ1v) is 3.64. The average Bonchev–Trinajstić information content (AvgIpc) is 2.18. The maximum atomic E-state index is 10.8. The summed E-state index contributed by atoms with van der Waals surface area (Å²) in [7, 11) is 1.46. The van der Waals surface area contributed by atoms with Crippen molar-refractivity contribution in [1.29, 1.82) is 0 Å². The van der Waals surface area contributed by atoms with Gasteiger partial charge in [-0.05, 0) is 6.07 Å². The lowest BCUT2D eigenvalue weighted by atomic mass is 10.3. The molecule has 0 unspecified atom stereocenters. The summed E-state index contributed by atoms with van der Waals surface area (Å²) in [6.07, 6.45) is -0.573. The molecule has 0 spiro atoms. The Morgan fingerprint density at radius 2 is 2.23 bits per heavy atom. The van der Waals surface area contributed by atoms with Gasteiger partial charge in [-0.3, -0.25) is 0 Å². The minimum Gasteiger partial charge on any atom is -0.422 e. The van der Waals surface area contributed by atoms with Gasteiger partial charge in [-0.2, -0.15) is 0 Å². The molecule has 0 atom stereocenters. The van der Waals surface area contributed by atoms with Crippen LogP contribution in [0.1, 0.15) is 0 Å². The number of benzene rings is 1. The van der Waals surface area contributed by atoms with Gasteiger partial charge in [-0.15, -0.1) is 0 Å². The summed E-state index contributed by atoms with van der Waals surface area (Å²) in [5, 5.41) is 2.30. The molecule has 4 nitrogen and oxygen atoms in total. The fourth-order valence-electron chi connectivity index (χ4n) is 0.787. The summed E-state index contributed by atoms with van der Waals surface area (Å²) in [5.41, 5.74) is 0.325. The van der Waals surface area contributed by atoms with Crippen LogP contribution in [0, 0.1) is 6.57 Å². The molecule has 4 heteroatoms. The molecule has 1 amide bonds. The number of para-hydroxylation sites is 2. The van der Waals surface area contributed by atoms with Crippen LogP contribution in [-0.4, -0.2) is 13.1 Å². The Balaban J connectivity index is 2.89. The number of rotatable bonds is 1. The van der Waals surface area contributed by atoms with Gasteiger partial charge in [0.25, 0.3) is 0 Å². The number of ether oxygens (including phenoxy) is 1. The van der Waals surface area contributed by atoms with E-state index < -0.39 is 6.09 Å². The Kier molecular flexibility index (Phi) is 2.87. The lowest BCUT2D eigenvalue weighted by Crippen LogP contribution is -2.21. The Morgan fingerprint density at radius 3 is 2.85 bits per heavy atom. The Hall–Kier alpha value is -2.02. The lowest BCUT2D eigenvalue weighted by Gasteiger charge is -2.03. The predicted octanol–water partition coefficient (Wildman–Crippen LogP) is 1.96. The number of carbonyl (C=O) groups excluding carboxylic acids is 1. The zero-order valence-corrected chi connectivity index (χ0v) is 7.07. The standard InChI is InChI=1S/C9H8N2O2/c1-10-7-5-3-4-6-8(7)13-9(12)11-2/h3-6H,2H3,(H,11,12). The Morgan fingerprint density at radius 1 is 1.54 bits per heavy atom. The van der Waals surface area contributed by atoms with Gasteiger partial charge in [0, 0.05) is 7.05 Å². The van der Waals surface area contributed by atoms with Crippen LogP contribution in [-0.2, 0) is 0 Å². The van der Waals surface area contributed by atoms with Crippen LogP contribution < -0.4 is 10.1 Å². The molecule has 13 heavy (non-hydrogen) atoms. The van der Waals surface area contributed by atoms with E-state index in [1.807, 2.05) is 0 Å². The number of hydrogen-bond donors (Lipinski definition) is 1. The summed E-state index contributed by atoms with van der Waals surface area (Å²) >= 11 is 0. The van der Waals surface area contributed by atoms with Gasteiger partial charge in [-0.25, -0.2) is 9.64 Å². The molecule has 0 radical (unpaired) electrons. The van der Waals surface area contributed by atoms with E-state index in [9.17, 15) is 4.79 Å². The smallest absolute Gasteiger partial charge is 0.411 e. The molecule has 0 bridgehead atoms. The molecule has 0 aliphatic heterocycles. The number of carbonyl (C=O) groups is 1. The molecule has 1 aromatic rings. The zero-order valence-electron chi connectivity index (χ0n) is 7.07. The van der Waals surface area contributed by atoms with Gasteiger partial charge in [-0.1, -0.05) is 18.2 Å². The van der Waals surface area contributed by atoms with E-state index in [4.69, 9.17) is 11.3 Å². The fourth-order valence-corrected chi connectivity index (χ4v) is 0.787. The molecule has 66 valence electrons. The largest absolute Gasteiger partial charge is 0.422 e. The maximum absolute atomic E-state index is 10.8. The SMILES string of the molecule is [C-]#[N+]c1ccccc1OC(=O)NC. The summed E-state index contributed by atoms with van der Waals surface area (Å²) in [6.45, 7) is 6.80. The fraction of sp³-hybridized carbons (Fsp3) is 0.111. The van der Waals surface area contributed by atoms with E-state index in [0.717, 1.165) is 0 Å². The highest BCUT2D eigenvalue weighted by Gasteiger charge is 2.05. The quantitative estimate of drug-likeness (QED) is 0.664. The average molecular weight is 176 g/mol. The van der Waals surface area contributed by atoms with Crippen molar-refractivity contribution in [2.45, 2.75) is 0 Å². The molecule has 0 heterocycles. The maximum Gasteiger partial charge on any atom is 0.411 e.